The topological polar surface area (TPSA) is 19.4 Å². The van der Waals surface area contributed by atoms with Crippen molar-refractivity contribution in [3.63, 3.8) is 0 Å². The molecule has 0 unspecified atom stereocenters. The monoisotopic (exact) mass is 315 g/mol. The van der Waals surface area contributed by atoms with Gasteiger partial charge in [0.1, 0.15) is 5.82 Å². The Morgan fingerprint density at radius 1 is 0.955 bits per heavy atom. The number of nitrogens with zero attached hydrogens (tertiary/aromatic N) is 3. The number of rotatable bonds is 5. The van der Waals surface area contributed by atoms with Gasteiger partial charge in [0.2, 0.25) is 0 Å². The number of halogens is 1. The number of pyridine rings is 1. The number of anilines is 1. The summed E-state index contributed by atoms with van der Waals surface area (Å²) in [5, 5.41) is 0.750. The zero-order valence-electron chi connectivity index (χ0n) is 12.8. The first kappa shape index (κ1) is 15.3. The highest BCUT2D eigenvalue weighted by Crippen LogP contribution is 2.23. The first-order valence-corrected chi connectivity index (χ1v) is 8.32. The molecule has 1 saturated heterocycles. The standard InChI is InChI=1S/C18H22ClN3/c19-17-9-4-10-20-18(17)22-14-12-21(13-15-22)11-5-8-16-6-2-1-3-7-16/h1-4,6-7,9-10H,5,8,11-15H2. The predicted octanol–water partition coefficient (Wildman–Crippen LogP) is 3.49. The molecule has 1 fully saturated rings. The zero-order valence-corrected chi connectivity index (χ0v) is 13.5. The average Bonchev–Trinajstić information content (AvgIpc) is 2.57. The van der Waals surface area contributed by atoms with Gasteiger partial charge in [-0.25, -0.2) is 4.98 Å². The van der Waals surface area contributed by atoms with E-state index in [1.54, 1.807) is 0 Å². The molecular formula is C18H22ClN3. The van der Waals surface area contributed by atoms with Crippen LogP contribution in [0.25, 0.3) is 0 Å². The van der Waals surface area contributed by atoms with Crippen LogP contribution < -0.4 is 4.90 Å². The quantitative estimate of drug-likeness (QED) is 0.842. The number of piperazine rings is 1. The summed E-state index contributed by atoms with van der Waals surface area (Å²) >= 11 is 6.23. The van der Waals surface area contributed by atoms with Crippen LogP contribution >= 0.6 is 11.6 Å². The minimum absolute atomic E-state index is 0.750. The molecule has 2 heterocycles. The highest BCUT2D eigenvalue weighted by molar-refractivity contribution is 6.32. The Morgan fingerprint density at radius 3 is 2.45 bits per heavy atom. The van der Waals surface area contributed by atoms with Gasteiger partial charge in [-0.15, -0.1) is 0 Å². The second-order valence-corrected chi connectivity index (χ2v) is 6.13. The first-order valence-electron chi connectivity index (χ1n) is 7.95. The summed E-state index contributed by atoms with van der Waals surface area (Å²) < 4.78 is 0. The van der Waals surface area contributed by atoms with E-state index in [-0.39, 0.29) is 0 Å². The normalized spacial score (nSPS) is 16.0. The van der Waals surface area contributed by atoms with Gasteiger partial charge < -0.3 is 4.90 Å². The molecule has 1 aliphatic rings. The van der Waals surface area contributed by atoms with Crippen LogP contribution in [-0.2, 0) is 6.42 Å². The highest BCUT2D eigenvalue weighted by Gasteiger charge is 2.19. The fraction of sp³-hybridized carbons (Fsp3) is 0.389. The Bertz CT molecular complexity index is 580. The van der Waals surface area contributed by atoms with Gasteiger partial charge in [0.25, 0.3) is 0 Å². The third kappa shape index (κ3) is 3.99. The van der Waals surface area contributed by atoms with E-state index in [2.05, 4.69) is 45.1 Å². The highest BCUT2D eigenvalue weighted by atomic mass is 35.5. The molecule has 2 aromatic rings. The van der Waals surface area contributed by atoms with Gasteiger partial charge in [0, 0.05) is 32.4 Å². The lowest BCUT2D eigenvalue weighted by molar-refractivity contribution is 0.254. The third-order valence-corrected chi connectivity index (χ3v) is 4.49. The minimum Gasteiger partial charge on any atom is -0.353 e. The molecule has 0 amide bonds. The fourth-order valence-corrected chi connectivity index (χ4v) is 3.19. The molecule has 1 aromatic heterocycles. The van der Waals surface area contributed by atoms with Crippen LogP contribution in [-0.4, -0.2) is 42.6 Å². The number of hydrogen-bond donors (Lipinski definition) is 0. The molecule has 3 rings (SSSR count). The Morgan fingerprint density at radius 2 is 1.73 bits per heavy atom. The van der Waals surface area contributed by atoms with Gasteiger partial charge >= 0.3 is 0 Å². The molecule has 4 heteroatoms. The van der Waals surface area contributed by atoms with E-state index in [9.17, 15) is 0 Å². The van der Waals surface area contributed by atoms with Crippen molar-refractivity contribution < 1.29 is 0 Å². The Hall–Kier alpha value is -1.58. The van der Waals surface area contributed by atoms with Crippen molar-refractivity contribution in [1.29, 1.82) is 0 Å². The van der Waals surface area contributed by atoms with Crippen molar-refractivity contribution in [3.05, 3.63) is 59.2 Å². The van der Waals surface area contributed by atoms with Crippen molar-refractivity contribution in [2.75, 3.05) is 37.6 Å². The average molecular weight is 316 g/mol. The summed E-state index contributed by atoms with van der Waals surface area (Å²) in [4.78, 5) is 9.23. The van der Waals surface area contributed by atoms with E-state index in [1.165, 1.54) is 18.5 Å². The predicted molar refractivity (Wildman–Crippen MR) is 92.7 cm³/mol. The molecule has 0 spiro atoms. The summed E-state index contributed by atoms with van der Waals surface area (Å²) in [6.45, 7) is 5.34. The maximum absolute atomic E-state index is 6.23. The molecule has 0 atom stereocenters. The van der Waals surface area contributed by atoms with Crippen LogP contribution in [0.5, 0.6) is 0 Å². The van der Waals surface area contributed by atoms with Crippen molar-refractivity contribution in [2.45, 2.75) is 12.8 Å². The second-order valence-electron chi connectivity index (χ2n) is 5.73. The Kier molecular flexibility index (Phi) is 5.30. The summed E-state index contributed by atoms with van der Waals surface area (Å²) in [5.74, 6) is 0.924. The summed E-state index contributed by atoms with van der Waals surface area (Å²) in [6.07, 6.45) is 4.19. The first-order chi connectivity index (χ1) is 10.8. The van der Waals surface area contributed by atoms with Gasteiger partial charge in [-0.05, 0) is 37.1 Å². The molecule has 1 aromatic carbocycles. The number of aromatic nitrogens is 1. The lowest BCUT2D eigenvalue weighted by Gasteiger charge is -2.35. The molecule has 0 N–H and O–H groups in total. The molecule has 0 bridgehead atoms. The van der Waals surface area contributed by atoms with E-state index >= 15 is 0 Å². The van der Waals surface area contributed by atoms with Crippen molar-refractivity contribution >= 4 is 17.4 Å². The molecule has 116 valence electrons. The maximum atomic E-state index is 6.23. The van der Waals surface area contributed by atoms with Crippen molar-refractivity contribution in [3.8, 4) is 0 Å². The molecule has 0 aliphatic carbocycles. The SMILES string of the molecule is Clc1cccnc1N1CCN(CCCc2ccccc2)CC1. The van der Waals surface area contributed by atoms with Gasteiger partial charge in [0.05, 0.1) is 5.02 Å². The number of benzene rings is 1. The van der Waals surface area contributed by atoms with Crippen LogP contribution in [0.2, 0.25) is 5.02 Å². The van der Waals surface area contributed by atoms with E-state index in [0.29, 0.717) is 0 Å². The van der Waals surface area contributed by atoms with E-state index in [0.717, 1.165) is 43.4 Å². The van der Waals surface area contributed by atoms with E-state index in [4.69, 9.17) is 11.6 Å². The van der Waals surface area contributed by atoms with Crippen LogP contribution in [0.3, 0.4) is 0 Å². The molecule has 22 heavy (non-hydrogen) atoms. The van der Waals surface area contributed by atoms with E-state index < -0.39 is 0 Å². The summed E-state index contributed by atoms with van der Waals surface area (Å²) in [6, 6.07) is 14.5. The molecular weight excluding hydrogens is 294 g/mol. The lowest BCUT2D eigenvalue weighted by Crippen LogP contribution is -2.47. The molecule has 0 saturated carbocycles. The van der Waals surface area contributed by atoms with Gasteiger partial charge in [-0.1, -0.05) is 41.9 Å². The van der Waals surface area contributed by atoms with Crippen LogP contribution in [0.4, 0.5) is 5.82 Å². The van der Waals surface area contributed by atoms with Gasteiger partial charge in [-0.3, -0.25) is 4.90 Å². The number of aryl methyl sites for hydroxylation is 1. The molecule has 0 radical (unpaired) electrons. The van der Waals surface area contributed by atoms with Gasteiger partial charge in [-0.2, -0.15) is 0 Å². The van der Waals surface area contributed by atoms with Crippen molar-refractivity contribution in [1.82, 2.24) is 9.88 Å². The largest absolute Gasteiger partial charge is 0.353 e. The second kappa shape index (κ2) is 7.61. The van der Waals surface area contributed by atoms with E-state index in [1.807, 2.05) is 18.3 Å². The lowest BCUT2D eigenvalue weighted by atomic mass is 10.1. The molecule has 1 aliphatic heterocycles. The Labute approximate surface area is 137 Å². The van der Waals surface area contributed by atoms with Crippen LogP contribution in [0.1, 0.15) is 12.0 Å². The van der Waals surface area contributed by atoms with Crippen molar-refractivity contribution in [2.24, 2.45) is 0 Å². The minimum atomic E-state index is 0.750. The summed E-state index contributed by atoms with van der Waals surface area (Å²) in [7, 11) is 0. The molecule has 3 nitrogen and oxygen atoms in total. The third-order valence-electron chi connectivity index (χ3n) is 4.19. The smallest absolute Gasteiger partial charge is 0.147 e. The fourth-order valence-electron chi connectivity index (χ4n) is 2.94. The Balaban J connectivity index is 1.43. The number of hydrogen-bond acceptors (Lipinski definition) is 3. The zero-order chi connectivity index (χ0) is 15.2. The maximum Gasteiger partial charge on any atom is 0.147 e. The van der Waals surface area contributed by atoms with Crippen LogP contribution in [0, 0.1) is 0 Å². The summed E-state index contributed by atoms with van der Waals surface area (Å²) in [5.41, 5.74) is 1.43. The van der Waals surface area contributed by atoms with Gasteiger partial charge in [0.15, 0.2) is 0 Å². The van der Waals surface area contributed by atoms with Crippen LogP contribution in [0.15, 0.2) is 48.7 Å².